The van der Waals surface area contributed by atoms with E-state index in [0.717, 1.165) is 49.9 Å². The molecule has 4 heterocycles. The number of likely N-dealkylation sites (tertiary alicyclic amines) is 2. The molecule has 25 heavy (non-hydrogen) atoms. The van der Waals surface area contributed by atoms with Crippen LogP contribution in [0.25, 0.3) is 11.1 Å². The molecule has 0 saturated carbocycles. The maximum atomic E-state index is 13.2. The van der Waals surface area contributed by atoms with Gasteiger partial charge in [0.2, 0.25) is 0 Å². The summed E-state index contributed by atoms with van der Waals surface area (Å²) in [5, 5.41) is 4.98. The van der Waals surface area contributed by atoms with Crippen LogP contribution in [-0.4, -0.2) is 58.1 Å². The number of hydrogen-bond acceptors (Lipinski definition) is 5. The molecule has 0 bridgehead atoms. The molecule has 6 nitrogen and oxygen atoms in total. The van der Waals surface area contributed by atoms with E-state index in [9.17, 15) is 4.79 Å². The summed E-state index contributed by atoms with van der Waals surface area (Å²) >= 11 is 0. The molecule has 0 aliphatic carbocycles. The Balaban J connectivity index is 1.61. The van der Waals surface area contributed by atoms with Crippen LogP contribution in [0.1, 0.15) is 55.1 Å². The van der Waals surface area contributed by atoms with Crippen LogP contribution in [0.3, 0.4) is 0 Å². The quantitative estimate of drug-likeness (QED) is 0.855. The second-order valence-corrected chi connectivity index (χ2v) is 7.35. The van der Waals surface area contributed by atoms with Crippen LogP contribution >= 0.6 is 0 Å². The standard InChI is InChI=1S/C19H26N4O2/c1-3-6-15-14-11-13(12-20-18(14)25-21-15)19(24)23-10-5-8-17(23)16-7-4-9-22(16)2/h11-12,16-17H,3-10H2,1-2H3/t16-,17-/m0/s1. The Morgan fingerprint density at radius 2 is 2.08 bits per heavy atom. The first kappa shape index (κ1) is 16.5. The number of hydrogen-bond donors (Lipinski definition) is 0. The van der Waals surface area contributed by atoms with E-state index in [4.69, 9.17) is 4.52 Å². The summed E-state index contributed by atoms with van der Waals surface area (Å²) in [6, 6.07) is 2.74. The number of pyridine rings is 1. The predicted molar refractivity (Wildman–Crippen MR) is 95.5 cm³/mol. The number of carbonyl (C=O) groups excluding carboxylic acids is 1. The van der Waals surface area contributed by atoms with E-state index in [1.54, 1.807) is 6.20 Å². The van der Waals surface area contributed by atoms with Crippen molar-refractivity contribution in [3.05, 3.63) is 23.5 Å². The van der Waals surface area contributed by atoms with Crippen LogP contribution in [0, 0.1) is 0 Å². The Morgan fingerprint density at radius 3 is 2.84 bits per heavy atom. The summed E-state index contributed by atoms with van der Waals surface area (Å²) in [7, 11) is 2.18. The smallest absolute Gasteiger partial charge is 0.257 e. The third-order valence-electron chi connectivity index (χ3n) is 5.72. The number of amides is 1. The van der Waals surface area contributed by atoms with Gasteiger partial charge in [0, 0.05) is 24.8 Å². The summed E-state index contributed by atoms with van der Waals surface area (Å²) in [6.45, 7) is 4.09. The first-order chi connectivity index (χ1) is 12.2. The topological polar surface area (TPSA) is 62.5 Å². The van der Waals surface area contributed by atoms with Gasteiger partial charge in [-0.2, -0.15) is 0 Å². The minimum Gasteiger partial charge on any atom is -0.336 e. The van der Waals surface area contributed by atoms with Crippen LogP contribution in [0.4, 0.5) is 0 Å². The molecule has 2 aliphatic rings. The predicted octanol–water partition coefficient (Wildman–Crippen LogP) is 2.87. The monoisotopic (exact) mass is 342 g/mol. The lowest BCUT2D eigenvalue weighted by atomic mass is 10.0. The van der Waals surface area contributed by atoms with Gasteiger partial charge in [0.05, 0.1) is 16.6 Å². The van der Waals surface area contributed by atoms with Crippen molar-refractivity contribution in [3.8, 4) is 0 Å². The first-order valence-corrected chi connectivity index (χ1v) is 9.44. The number of likely N-dealkylation sites (N-methyl/N-ethyl adjacent to an activating group) is 1. The molecule has 4 rings (SSSR count). The van der Waals surface area contributed by atoms with Crippen molar-refractivity contribution in [1.29, 1.82) is 0 Å². The molecule has 0 radical (unpaired) electrons. The van der Waals surface area contributed by atoms with Gasteiger partial charge in [-0.1, -0.05) is 18.5 Å². The van der Waals surface area contributed by atoms with Gasteiger partial charge in [0.25, 0.3) is 11.6 Å². The maximum Gasteiger partial charge on any atom is 0.257 e. The number of aryl methyl sites for hydroxylation is 1. The fraction of sp³-hybridized carbons (Fsp3) is 0.632. The molecule has 2 atom stereocenters. The third-order valence-corrected chi connectivity index (χ3v) is 5.72. The van der Waals surface area contributed by atoms with E-state index in [0.29, 0.717) is 23.4 Å². The van der Waals surface area contributed by atoms with E-state index >= 15 is 0 Å². The molecule has 2 aromatic rings. The summed E-state index contributed by atoms with van der Waals surface area (Å²) in [5.41, 5.74) is 2.07. The van der Waals surface area contributed by atoms with Gasteiger partial charge in [-0.25, -0.2) is 4.98 Å². The molecule has 0 spiro atoms. The Morgan fingerprint density at radius 1 is 1.28 bits per heavy atom. The minimum absolute atomic E-state index is 0.0980. The van der Waals surface area contributed by atoms with Gasteiger partial charge in [-0.05, 0) is 51.8 Å². The summed E-state index contributed by atoms with van der Waals surface area (Å²) in [4.78, 5) is 22.0. The van der Waals surface area contributed by atoms with E-state index < -0.39 is 0 Å². The third kappa shape index (κ3) is 2.92. The van der Waals surface area contributed by atoms with E-state index in [1.807, 2.05) is 6.07 Å². The highest BCUT2D eigenvalue weighted by Gasteiger charge is 2.38. The summed E-state index contributed by atoms with van der Waals surface area (Å²) < 4.78 is 5.29. The molecule has 2 saturated heterocycles. The number of aromatic nitrogens is 2. The first-order valence-electron chi connectivity index (χ1n) is 9.44. The van der Waals surface area contributed by atoms with Crippen molar-refractivity contribution < 1.29 is 9.32 Å². The highest BCUT2D eigenvalue weighted by molar-refractivity contribution is 5.97. The molecule has 2 aliphatic heterocycles. The van der Waals surface area contributed by atoms with Crippen LogP contribution in [0.5, 0.6) is 0 Å². The average Bonchev–Trinajstić information content (AvgIpc) is 3.34. The zero-order chi connectivity index (χ0) is 17.4. The van der Waals surface area contributed by atoms with Crippen molar-refractivity contribution in [2.45, 2.75) is 57.5 Å². The molecule has 6 heteroatoms. The Hall–Kier alpha value is -1.95. The molecule has 0 unspecified atom stereocenters. The normalized spacial score (nSPS) is 24.5. The zero-order valence-electron chi connectivity index (χ0n) is 15.1. The molecule has 2 fully saturated rings. The molecule has 0 aromatic carbocycles. The van der Waals surface area contributed by atoms with E-state index in [1.165, 1.54) is 12.8 Å². The lowest BCUT2D eigenvalue weighted by molar-refractivity contribution is 0.0664. The fourth-order valence-corrected chi connectivity index (χ4v) is 4.45. The number of rotatable bonds is 4. The second-order valence-electron chi connectivity index (χ2n) is 7.35. The number of nitrogens with zero attached hydrogens (tertiary/aromatic N) is 4. The van der Waals surface area contributed by atoms with Crippen LogP contribution in [0.15, 0.2) is 16.8 Å². The Bertz CT molecular complexity index is 772. The Labute approximate surface area is 148 Å². The van der Waals surface area contributed by atoms with E-state index in [2.05, 4.69) is 33.9 Å². The lowest BCUT2D eigenvalue weighted by Gasteiger charge is -2.33. The Kier molecular flexibility index (Phi) is 4.46. The number of carbonyl (C=O) groups is 1. The van der Waals surface area contributed by atoms with Crippen molar-refractivity contribution in [3.63, 3.8) is 0 Å². The van der Waals surface area contributed by atoms with Crippen LogP contribution < -0.4 is 0 Å². The van der Waals surface area contributed by atoms with Gasteiger partial charge in [0.1, 0.15) is 0 Å². The second kappa shape index (κ2) is 6.75. The van der Waals surface area contributed by atoms with Gasteiger partial charge >= 0.3 is 0 Å². The van der Waals surface area contributed by atoms with Gasteiger partial charge in [0.15, 0.2) is 0 Å². The number of fused-ring (bicyclic) bond motifs is 1. The van der Waals surface area contributed by atoms with Gasteiger partial charge < -0.3 is 14.3 Å². The largest absolute Gasteiger partial charge is 0.336 e. The maximum absolute atomic E-state index is 13.2. The molecule has 1 amide bonds. The van der Waals surface area contributed by atoms with Crippen LogP contribution in [-0.2, 0) is 6.42 Å². The van der Waals surface area contributed by atoms with Crippen molar-refractivity contribution in [2.75, 3.05) is 20.1 Å². The summed E-state index contributed by atoms with van der Waals surface area (Å²) in [6.07, 6.45) is 8.07. The summed E-state index contributed by atoms with van der Waals surface area (Å²) in [5.74, 6) is 0.0980. The minimum atomic E-state index is 0.0980. The highest BCUT2D eigenvalue weighted by atomic mass is 16.5. The fourth-order valence-electron chi connectivity index (χ4n) is 4.45. The van der Waals surface area contributed by atoms with Gasteiger partial charge in [-0.3, -0.25) is 4.79 Å². The van der Waals surface area contributed by atoms with Crippen molar-refractivity contribution >= 4 is 17.0 Å². The van der Waals surface area contributed by atoms with Crippen molar-refractivity contribution in [2.24, 2.45) is 0 Å². The average molecular weight is 342 g/mol. The van der Waals surface area contributed by atoms with E-state index in [-0.39, 0.29) is 5.91 Å². The molecule has 134 valence electrons. The molecule has 0 N–H and O–H groups in total. The van der Waals surface area contributed by atoms with Gasteiger partial charge in [-0.15, -0.1) is 0 Å². The lowest BCUT2D eigenvalue weighted by Crippen LogP contribution is -2.47. The zero-order valence-corrected chi connectivity index (χ0v) is 15.1. The van der Waals surface area contributed by atoms with Crippen LogP contribution in [0.2, 0.25) is 0 Å². The van der Waals surface area contributed by atoms with Crippen molar-refractivity contribution in [1.82, 2.24) is 19.9 Å². The molecule has 2 aromatic heterocycles. The highest BCUT2D eigenvalue weighted by Crippen LogP contribution is 2.30. The SMILES string of the molecule is CCCc1noc2ncc(C(=O)N3CCC[C@H]3[C@@H]3CCCN3C)cc12. The molecular weight excluding hydrogens is 316 g/mol. The molecular formula is C19H26N4O2.